The van der Waals surface area contributed by atoms with Crippen molar-refractivity contribution in [2.45, 2.75) is 31.4 Å². The molecule has 2 N–H and O–H groups in total. The van der Waals surface area contributed by atoms with Crippen molar-refractivity contribution < 1.29 is 15.0 Å². The Labute approximate surface area is 77.2 Å². The van der Waals surface area contributed by atoms with Crippen molar-refractivity contribution in [3.63, 3.8) is 0 Å². The van der Waals surface area contributed by atoms with Crippen LogP contribution in [0.25, 0.3) is 0 Å². The smallest absolute Gasteiger partial charge is 0.303 e. The van der Waals surface area contributed by atoms with Gasteiger partial charge in [0, 0.05) is 18.3 Å². The van der Waals surface area contributed by atoms with Gasteiger partial charge in [0.1, 0.15) is 0 Å². The second-order valence-electron chi connectivity index (χ2n) is 2.69. The fraction of sp³-hybridized carbons (Fsp3) is 0.875. The van der Waals surface area contributed by atoms with Crippen LogP contribution in [-0.2, 0) is 4.79 Å². The van der Waals surface area contributed by atoms with Gasteiger partial charge in [0.25, 0.3) is 0 Å². The van der Waals surface area contributed by atoms with Crippen molar-refractivity contribution in [3.05, 3.63) is 0 Å². The second-order valence-corrected chi connectivity index (χ2v) is 4.24. The molecule has 0 aliphatic rings. The fourth-order valence-corrected chi connectivity index (χ4v) is 1.76. The maximum absolute atomic E-state index is 10.1. The summed E-state index contributed by atoms with van der Waals surface area (Å²) >= 11 is 1.72. The molecule has 0 aliphatic heterocycles. The highest BCUT2D eigenvalue weighted by Crippen LogP contribution is 2.15. The number of rotatable bonds is 7. The highest BCUT2D eigenvalue weighted by atomic mass is 32.2. The minimum absolute atomic E-state index is 0.215. The molecule has 1 atom stereocenters. The van der Waals surface area contributed by atoms with Gasteiger partial charge >= 0.3 is 5.97 Å². The Kier molecular flexibility index (Phi) is 7.29. The van der Waals surface area contributed by atoms with Crippen LogP contribution in [0.3, 0.4) is 0 Å². The highest BCUT2D eigenvalue weighted by molar-refractivity contribution is 7.99. The fourth-order valence-electron chi connectivity index (χ4n) is 0.773. The number of thioether (sulfide) groups is 1. The van der Waals surface area contributed by atoms with Gasteiger partial charge in [-0.15, -0.1) is 0 Å². The molecule has 0 aromatic rings. The molecule has 72 valence electrons. The van der Waals surface area contributed by atoms with Gasteiger partial charge < -0.3 is 10.2 Å². The topological polar surface area (TPSA) is 57.5 Å². The van der Waals surface area contributed by atoms with E-state index in [1.807, 2.05) is 6.92 Å². The standard InChI is InChI=1S/C8H16O3S/c1-7(4-5-9)12-6-2-3-8(10)11/h7,9H,2-6H2,1H3,(H,10,11). The van der Waals surface area contributed by atoms with Gasteiger partial charge in [-0.1, -0.05) is 6.92 Å². The highest BCUT2D eigenvalue weighted by Gasteiger charge is 2.02. The summed E-state index contributed by atoms with van der Waals surface area (Å²) in [6.45, 7) is 2.26. The van der Waals surface area contributed by atoms with E-state index in [0.29, 0.717) is 5.25 Å². The SMILES string of the molecule is CC(CCO)SCCCC(=O)O. The zero-order valence-electron chi connectivity index (χ0n) is 7.32. The Hall–Kier alpha value is -0.220. The maximum atomic E-state index is 10.1. The third-order valence-electron chi connectivity index (χ3n) is 1.47. The first-order valence-electron chi connectivity index (χ1n) is 4.11. The lowest BCUT2D eigenvalue weighted by atomic mass is 10.3. The van der Waals surface area contributed by atoms with Crippen LogP contribution in [0.5, 0.6) is 0 Å². The number of aliphatic carboxylic acids is 1. The molecule has 0 fully saturated rings. The van der Waals surface area contributed by atoms with Crippen LogP contribution in [0.15, 0.2) is 0 Å². The number of carboxylic acids is 1. The van der Waals surface area contributed by atoms with Gasteiger partial charge in [-0.3, -0.25) is 4.79 Å². The summed E-state index contributed by atoms with van der Waals surface area (Å²) in [7, 11) is 0. The first kappa shape index (κ1) is 11.8. The molecule has 0 heterocycles. The van der Waals surface area contributed by atoms with Crippen LogP contribution in [0.2, 0.25) is 0 Å². The molecule has 0 aliphatic carbocycles. The van der Waals surface area contributed by atoms with Crippen LogP contribution < -0.4 is 0 Å². The molecule has 12 heavy (non-hydrogen) atoms. The lowest BCUT2D eigenvalue weighted by Crippen LogP contribution is -2.02. The van der Waals surface area contributed by atoms with Crippen LogP contribution in [-0.4, -0.2) is 33.8 Å². The molecule has 0 aromatic heterocycles. The summed E-state index contributed by atoms with van der Waals surface area (Å²) in [5, 5.41) is 17.3. The molecular weight excluding hydrogens is 176 g/mol. The Morgan fingerprint density at radius 1 is 1.58 bits per heavy atom. The zero-order chi connectivity index (χ0) is 9.40. The Balaban J connectivity index is 3.13. The van der Waals surface area contributed by atoms with Crippen molar-refractivity contribution in [2.24, 2.45) is 0 Å². The Morgan fingerprint density at radius 2 is 2.25 bits per heavy atom. The second kappa shape index (κ2) is 7.43. The van der Waals surface area contributed by atoms with E-state index in [0.717, 1.165) is 18.6 Å². The van der Waals surface area contributed by atoms with Gasteiger partial charge in [-0.2, -0.15) is 11.8 Å². The van der Waals surface area contributed by atoms with Gasteiger partial charge in [0.15, 0.2) is 0 Å². The first-order chi connectivity index (χ1) is 5.66. The number of aliphatic hydroxyl groups excluding tert-OH is 1. The molecule has 0 bridgehead atoms. The van der Waals surface area contributed by atoms with Crippen LogP contribution in [0, 0.1) is 0 Å². The van der Waals surface area contributed by atoms with E-state index in [2.05, 4.69) is 0 Å². The lowest BCUT2D eigenvalue weighted by molar-refractivity contribution is -0.137. The number of hydrogen-bond donors (Lipinski definition) is 2. The lowest BCUT2D eigenvalue weighted by Gasteiger charge is -2.07. The Bertz CT molecular complexity index is 127. The first-order valence-corrected chi connectivity index (χ1v) is 5.16. The molecule has 0 radical (unpaired) electrons. The zero-order valence-corrected chi connectivity index (χ0v) is 8.14. The van der Waals surface area contributed by atoms with E-state index in [1.165, 1.54) is 0 Å². The van der Waals surface area contributed by atoms with Crippen molar-refractivity contribution in [1.82, 2.24) is 0 Å². The van der Waals surface area contributed by atoms with E-state index < -0.39 is 5.97 Å². The molecule has 0 spiro atoms. The van der Waals surface area contributed by atoms with Crippen molar-refractivity contribution in [3.8, 4) is 0 Å². The quantitative estimate of drug-likeness (QED) is 0.598. The molecule has 4 heteroatoms. The largest absolute Gasteiger partial charge is 0.481 e. The minimum atomic E-state index is -0.731. The summed E-state index contributed by atoms with van der Waals surface area (Å²) in [5.74, 6) is 0.137. The minimum Gasteiger partial charge on any atom is -0.481 e. The molecule has 0 amide bonds. The van der Waals surface area contributed by atoms with Crippen molar-refractivity contribution in [1.29, 1.82) is 0 Å². The van der Waals surface area contributed by atoms with Crippen LogP contribution in [0.1, 0.15) is 26.2 Å². The normalized spacial score (nSPS) is 12.8. The molecule has 0 saturated carbocycles. The van der Waals surface area contributed by atoms with Gasteiger partial charge in [0.2, 0.25) is 0 Å². The van der Waals surface area contributed by atoms with Crippen molar-refractivity contribution >= 4 is 17.7 Å². The molecule has 1 unspecified atom stereocenters. The summed E-state index contributed by atoms with van der Waals surface area (Å²) in [6, 6.07) is 0. The van der Waals surface area contributed by atoms with E-state index in [4.69, 9.17) is 10.2 Å². The summed E-state index contributed by atoms with van der Waals surface area (Å²) in [5.41, 5.74) is 0. The van der Waals surface area contributed by atoms with Crippen molar-refractivity contribution in [2.75, 3.05) is 12.4 Å². The number of aliphatic hydroxyl groups is 1. The van der Waals surface area contributed by atoms with Crippen LogP contribution in [0.4, 0.5) is 0 Å². The number of carbonyl (C=O) groups is 1. The third kappa shape index (κ3) is 7.88. The predicted molar refractivity (Wildman–Crippen MR) is 50.5 cm³/mol. The maximum Gasteiger partial charge on any atom is 0.303 e. The molecule has 0 rings (SSSR count). The number of hydrogen-bond acceptors (Lipinski definition) is 3. The van der Waals surface area contributed by atoms with Gasteiger partial charge in [-0.05, 0) is 18.6 Å². The van der Waals surface area contributed by atoms with Crippen LogP contribution >= 0.6 is 11.8 Å². The molecular formula is C8H16O3S. The van der Waals surface area contributed by atoms with Gasteiger partial charge in [0.05, 0.1) is 0 Å². The summed E-state index contributed by atoms with van der Waals surface area (Å²) in [4.78, 5) is 10.1. The summed E-state index contributed by atoms with van der Waals surface area (Å²) in [6.07, 6.45) is 1.76. The predicted octanol–water partition coefficient (Wildman–Crippen LogP) is 1.36. The third-order valence-corrected chi connectivity index (χ3v) is 2.80. The van der Waals surface area contributed by atoms with E-state index in [-0.39, 0.29) is 13.0 Å². The monoisotopic (exact) mass is 192 g/mol. The average Bonchev–Trinajstić information content (AvgIpc) is 1.98. The summed E-state index contributed by atoms with van der Waals surface area (Å²) < 4.78 is 0. The average molecular weight is 192 g/mol. The molecule has 0 saturated heterocycles. The van der Waals surface area contributed by atoms with E-state index >= 15 is 0 Å². The number of carboxylic acid groups (broad SMARTS) is 1. The van der Waals surface area contributed by atoms with Gasteiger partial charge in [-0.25, -0.2) is 0 Å². The Morgan fingerprint density at radius 3 is 2.75 bits per heavy atom. The van der Waals surface area contributed by atoms with E-state index in [1.54, 1.807) is 11.8 Å². The molecule has 0 aromatic carbocycles. The molecule has 3 nitrogen and oxygen atoms in total. The van der Waals surface area contributed by atoms with E-state index in [9.17, 15) is 4.79 Å².